The number of nitrogen functional groups attached to an aromatic ring is 1. The second-order valence-corrected chi connectivity index (χ2v) is 4.68. The quantitative estimate of drug-likeness (QED) is 0.332. The molecule has 1 aliphatic rings. The van der Waals surface area contributed by atoms with Gasteiger partial charge in [-0.1, -0.05) is 0 Å². The Bertz CT molecular complexity index is 793. The minimum absolute atomic E-state index is 0.115. The van der Waals surface area contributed by atoms with Gasteiger partial charge in [0.05, 0.1) is 6.61 Å². The highest BCUT2D eigenvalue weighted by atomic mass is 16.6. The number of aliphatic hydroxyl groups excluding tert-OH is 3. The van der Waals surface area contributed by atoms with Gasteiger partial charge in [-0.3, -0.25) is 14.8 Å². The molecule has 0 unspecified atom stereocenters. The number of anilines is 1. The molecular formula is C10H13N5O6. The molecule has 2 aromatic heterocycles. The van der Waals surface area contributed by atoms with E-state index < -0.39 is 42.4 Å². The Morgan fingerprint density at radius 3 is 2.62 bits per heavy atom. The topological polar surface area (TPSA) is 179 Å². The molecule has 2 aromatic rings. The normalized spacial score (nSPS) is 29.3. The average molecular weight is 299 g/mol. The van der Waals surface area contributed by atoms with Crippen molar-refractivity contribution in [3.05, 3.63) is 20.8 Å². The van der Waals surface area contributed by atoms with E-state index in [1.54, 1.807) is 0 Å². The lowest BCUT2D eigenvalue weighted by Gasteiger charge is -2.15. The van der Waals surface area contributed by atoms with Gasteiger partial charge in [0.15, 0.2) is 17.4 Å². The number of imidazole rings is 1. The van der Waals surface area contributed by atoms with E-state index in [1.807, 2.05) is 0 Å². The van der Waals surface area contributed by atoms with E-state index in [-0.39, 0.29) is 17.1 Å². The number of hydrogen-bond acceptors (Lipinski definition) is 8. The van der Waals surface area contributed by atoms with Crippen LogP contribution in [0, 0.1) is 0 Å². The molecule has 0 saturated carbocycles. The highest BCUT2D eigenvalue weighted by Gasteiger charge is 2.44. The van der Waals surface area contributed by atoms with Crippen LogP contribution in [-0.2, 0) is 4.74 Å². The maximum Gasteiger partial charge on any atom is 0.330 e. The number of nitrogens with one attached hydrogen (secondary N) is 2. The van der Waals surface area contributed by atoms with Crippen molar-refractivity contribution in [2.75, 3.05) is 12.3 Å². The summed E-state index contributed by atoms with van der Waals surface area (Å²) in [6.07, 6.45) is -5.20. The highest BCUT2D eigenvalue weighted by molar-refractivity contribution is 5.70. The molecule has 0 spiro atoms. The van der Waals surface area contributed by atoms with Gasteiger partial charge in [0.25, 0.3) is 5.56 Å². The number of aromatic amines is 2. The highest BCUT2D eigenvalue weighted by Crippen LogP contribution is 2.29. The van der Waals surface area contributed by atoms with Gasteiger partial charge in [-0.2, -0.15) is 4.98 Å². The van der Waals surface area contributed by atoms with Crippen LogP contribution >= 0.6 is 0 Å². The number of nitrogens with two attached hydrogens (primary N) is 1. The van der Waals surface area contributed by atoms with Gasteiger partial charge < -0.3 is 25.8 Å². The third-order valence-electron chi connectivity index (χ3n) is 3.37. The molecule has 21 heavy (non-hydrogen) atoms. The van der Waals surface area contributed by atoms with Crippen molar-refractivity contribution >= 4 is 17.1 Å². The second kappa shape index (κ2) is 4.66. The average Bonchev–Trinajstić information content (AvgIpc) is 2.89. The number of aromatic nitrogens is 4. The third kappa shape index (κ3) is 1.94. The van der Waals surface area contributed by atoms with E-state index in [4.69, 9.17) is 15.6 Å². The maximum atomic E-state index is 12.0. The fraction of sp³-hybridized carbons (Fsp3) is 0.500. The van der Waals surface area contributed by atoms with Crippen molar-refractivity contribution in [3.8, 4) is 0 Å². The molecule has 11 heteroatoms. The largest absolute Gasteiger partial charge is 0.394 e. The van der Waals surface area contributed by atoms with Crippen LogP contribution in [0.15, 0.2) is 9.59 Å². The molecule has 114 valence electrons. The van der Waals surface area contributed by atoms with Crippen molar-refractivity contribution in [2.24, 2.45) is 0 Å². The van der Waals surface area contributed by atoms with Crippen LogP contribution in [0.5, 0.6) is 0 Å². The first-order valence-corrected chi connectivity index (χ1v) is 6.06. The molecule has 0 radical (unpaired) electrons. The van der Waals surface area contributed by atoms with E-state index in [2.05, 4.69) is 15.0 Å². The first kappa shape index (κ1) is 13.8. The Balaban J connectivity index is 2.20. The SMILES string of the molecule is Nc1nc2c([nH]c(=O)n2[C@@H]2O[C@H](CO)[C@@H](O)[C@@H]2O)c(=O)[nH]1. The lowest BCUT2D eigenvalue weighted by Crippen LogP contribution is -2.35. The van der Waals surface area contributed by atoms with Crippen molar-refractivity contribution < 1.29 is 20.1 Å². The molecule has 3 rings (SSSR count). The second-order valence-electron chi connectivity index (χ2n) is 4.68. The van der Waals surface area contributed by atoms with Gasteiger partial charge in [0.1, 0.15) is 18.3 Å². The number of H-pyrrole nitrogens is 2. The van der Waals surface area contributed by atoms with Crippen molar-refractivity contribution in [1.29, 1.82) is 0 Å². The fourth-order valence-corrected chi connectivity index (χ4v) is 2.36. The summed E-state index contributed by atoms with van der Waals surface area (Å²) in [5, 5.41) is 28.7. The molecule has 1 saturated heterocycles. The summed E-state index contributed by atoms with van der Waals surface area (Å²) in [5.74, 6) is -0.216. The first-order chi connectivity index (χ1) is 9.93. The van der Waals surface area contributed by atoms with Crippen LogP contribution in [0.4, 0.5) is 5.95 Å². The maximum absolute atomic E-state index is 12.0. The smallest absolute Gasteiger partial charge is 0.330 e. The minimum Gasteiger partial charge on any atom is -0.394 e. The minimum atomic E-state index is -1.47. The Kier molecular flexibility index (Phi) is 3.06. The third-order valence-corrected chi connectivity index (χ3v) is 3.37. The summed E-state index contributed by atoms with van der Waals surface area (Å²) in [7, 11) is 0. The zero-order valence-corrected chi connectivity index (χ0v) is 10.6. The van der Waals surface area contributed by atoms with Crippen LogP contribution in [0.25, 0.3) is 11.2 Å². The number of fused-ring (bicyclic) bond motifs is 1. The predicted octanol–water partition coefficient (Wildman–Crippen LogP) is -3.39. The van der Waals surface area contributed by atoms with E-state index in [1.165, 1.54) is 0 Å². The summed E-state index contributed by atoms with van der Waals surface area (Å²) < 4.78 is 6.13. The molecule has 4 atom stereocenters. The van der Waals surface area contributed by atoms with E-state index in [9.17, 15) is 19.8 Å². The van der Waals surface area contributed by atoms with E-state index in [0.717, 1.165) is 4.57 Å². The zero-order valence-electron chi connectivity index (χ0n) is 10.6. The standard InChI is InChI=1S/C10H13N5O6/c11-9-13-6-3(7(19)14-9)12-10(20)15(6)8-5(18)4(17)2(1-16)21-8/h2,4-5,8,16-18H,1H2,(H,12,20)(H3,11,13,14,19)/t2-,4-,5+,8-/m1/s1. The number of hydrogen-bond donors (Lipinski definition) is 6. The Morgan fingerprint density at radius 1 is 1.29 bits per heavy atom. The molecular weight excluding hydrogens is 286 g/mol. The van der Waals surface area contributed by atoms with Gasteiger partial charge in [-0.25, -0.2) is 9.36 Å². The lowest BCUT2D eigenvalue weighted by molar-refractivity contribution is -0.0524. The van der Waals surface area contributed by atoms with E-state index in [0.29, 0.717) is 0 Å². The van der Waals surface area contributed by atoms with Crippen LogP contribution in [-0.4, -0.2) is 59.8 Å². The van der Waals surface area contributed by atoms with Crippen molar-refractivity contribution in [2.45, 2.75) is 24.5 Å². The molecule has 1 aliphatic heterocycles. The molecule has 0 bridgehead atoms. The Morgan fingerprint density at radius 2 is 2.00 bits per heavy atom. The molecule has 0 amide bonds. The molecule has 7 N–H and O–H groups in total. The van der Waals surface area contributed by atoms with Crippen LogP contribution in [0.3, 0.4) is 0 Å². The Hall–Kier alpha value is -2.21. The van der Waals surface area contributed by atoms with Crippen LogP contribution in [0.2, 0.25) is 0 Å². The molecule has 0 aliphatic carbocycles. The van der Waals surface area contributed by atoms with Crippen molar-refractivity contribution in [1.82, 2.24) is 19.5 Å². The van der Waals surface area contributed by atoms with Crippen molar-refractivity contribution in [3.63, 3.8) is 0 Å². The number of aliphatic hydroxyl groups is 3. The van der Waals surface area contributed by atoms with Gasteiger partial charge in [-0.15, -0.1) is 0 Å². The predicted molar refractivity (Wildman–Crippen MR) is 68.4 cm³/mol. The molecule has 1 fully saturated rings. The lowest BCUT2D eigenvalue weighted by atomic mass is 10.1. The fourth-order valence-electron chi connectivity index (χ4n) is 2.36. The summed E-state index contributed by atoms with van der Waals surface area (Å²) in [6, 6.07) is 0. The monoisotopic (exact) mass is 299 g/mol. The molecule has 11 nitrogen and oxygen atoms in total. The summed E-state index contributed by atoms with van der Waals surface area (Å²) in [5.41, 5.74) is 3.77. The van der Waals surface area contributed by atoms with Crippen LogP contribution in [0.1, 0.15) is 6.23 Å². The first-order valence-electron chi connectivity index (χ1n) is 6.06. The van der Waals surface area contributed by atoms with Gasteiger partial charge in [-0.05, 0) is 0 Å². The van der Waals surface area contributed by atoms with Gasteiger partial charge >= 0.3 is 5.69 Å². The zero-order chi connectivity index (χ0) is 15.3. The molecule has 0 aromatic carbocycles. The molecule has 3 heterocycles. The summed E-state index contributed by atoms with van der Waals surface area (Å²) in [6.45, 7) is -0.540. The van der Waals surface area contributed by atoms with Gasteiger partial charge in [0.2, 0.25) is 5.95 Å². The number of rotatable bonds is 2. The van der Waals surface area contributed by atoms with E-state index >= 15 is 0 Å². The summed E-state index contributed by atoms with van der Waals surface area (Å²) in [4.78, 5) is 32.0. The van der Waals surface area contributed by atoms with Crippen LogP contribution < -0.4 is 17.0 Å². The van der Waals surface area contributed by atoms with Gasteiger partial charge in [0, 0.05) is 0 Å². The number of ether oxygens (including phenoxy) is 1. The Labute approximate surface area is 115 Å². The summed E-state index contributed by atoms with van der Waals surface area (Å²) >= 11 is 0. The number of nitrogens with zero attached hydrogens (tertiary/aromatic N) is 2.